The molecule has 0 aromatic carbocycles. The molecule has 0 fully saturated rings. The molecular formula is C9H11N2NaO3. The number of carbonyl (C=O) groups excluding carboxylic acids is 1. The summed E-state index contributed by atoms with van der Waals surface area (Å²) in [5.41, 5.74) is 0.385. The first kappa shape index (κ1) is 14.3. The molecule has 0 atom stereocenters. The number of aromatic nitrogens is 2. The van der Waals surface area contributed by atoms with E-state index in [0.717, 1.165) is 0 Å². The van der Waals surface area contributed by atoms with Crippen LogP contribution in [0.4, 0.5) is 0 Å². The number of hydrogen-bond donors (Lipinski definition) is 0. The van der Waals surface area contributed by atoms with Gasteiger partial charge in [0.25, 0.3) is 0 Å². The molecule has 0 aliphatic rings. The van der Waals surface area contributed by atoms with Gasteiger partial charge in [0.2, 0.25) is 5.88 Å². The van der Waals surface area contributed by atoms with E-state index >= 15 is 0 Å². The third-order valence-electron chi connectivity index (χ3n) is 1.38. The summed E-state index contributed by atoms with van der Waals surface area (Å²) in [6, 6.07) is 1.50. The molecule has 0 saturated carbocycles. The number of hydrogen-bond acceptors (Lipinski definition) is 5. The number of carboxylic acids is 1. The van der Waals surface area contributed by atoms with Crippen molar-refractivity contribution >= 4 is 5.97 Å². The molecule has 76 valence electrons. The Hall–Kier alpha value is -0.650. The van der Waals surface area contributed by atoms with Crippen LogP contribution in [0.5, 0.6) is 5.88 Å². The molecular weight excluding hydrogens is 207 g/mol. The van der Waals surface area contributed by atoms with E-state index in [1.54, 1.807) is 0 Å². The number of rotatable bonds is 4. The average Bonchev–Trinajstić information content (AvgIpc) is 2.01. The molecule has 1 aromatic rings. The van der Waals surface area contributed by atoms with Crippen LogP contribution in [0.15, 0.2) is 12.4 Å². The van der Waals surface area contributed by atoms with Crippen LogP contribution in [-0.2, 0) is 11.2 Å². The fraction of sp³-hybridized carbons (Fsp3) is 0.444. The summed E-state index contributed by atoms with van der Waals surface area (Å²) in [5, 5.41) is 10.3. The van der Waals surface area contributed by atoms with Gasteiger partial charge in [0.15, 0.2) is 0 Å². The van der Waals surface area contributed by atoms with Crippen LogP contribution in [0, 0.1) is 0 Å². The molecule has 1 heterocycles. The van der Waals surface area contributed by atoms with E-state index in [1.165, 1.54) is 12.4 Å². The zero-order valence-electron chi connectivity index (χ0n) is 9.06. The van der Waals surface area contributed by atoms with Crippen molar-refractivity contribution in [2.24, 2.45) is 0 Å². The Balaban J connectivity index is 0.00000196. The Morgan fingerprint density at radius 2 is 2.20 bits per heavy atom. The molecule has 0 N–H and O–H groups in total. The second kappa shape index (κ2) is 6.76. The maximum atomic E-state index is 10.3. The van der Waals surface area contributed by atoms with Crippen molar-refractivity contribution in [3.8, 4) is 5.88 Å². The summed E-state index contributed by atoms with van der Waals surface area (Å²) in [6.45, 7) is 3.72. The zero-order valence-corrected chi connectivity index (χ0v) is 11.1. The second-order valence-corrected chi connectivity index (χ2v) is 3.06. The molecule has 1 rings (SSSR count). The van der Waals surface area contributed by atoms with Gasteiger partial charge in [-0.05, 0) is 13.8 Å². The van der Waals surface area contributed by atoms with Gasteiger partial charge in [0, 0.05) is 18.5 Å². The van der Waals surface area contributed by atoms with Crippen LogP contribution in [0.1, 0.15) is 19.5 Å². The number of carbonyl (C=O) groups is 1. The first-order valence-electron chi connectivity index (χ1n) is 4.25. The summed E-state index contributed by atoms with van der Waals surface area (Å²) in [6.07, 6.45) is 1.05. The second-order valence-electron chi connectivity index (χ2n) is 3.06. The van der Waals surface area contributed by atoms with Gasteiger partial charge in [0.1, 0.15) is 6.33 Å². The minimum atomic E-state index is -1.17. The first-order valence-corrected chi connectivity index (χ1v) is 4.25. The summed E-state index contributed by atoms with van der Waals surface area (Å²) in [7, 11) is 0. The number of aliphatic carboxylic acids is 1. The van der Waals surface area contributed by atoms with E-state index in [0.29, 0.717) is 11.6 Å². The molecule has 0 spiro atoms. The smallest absolute Gasteiger partial charge is 0.550 e. The van der Waals surface area contributed by atoms with E-state index in [9.17, 15) is 9.90 Å². The molecule has 0 unspecified atom stereocenters. The summed E-state index contributed by atoms with van der Waals surface area (Å²) in [5.74, 6) is -0.787. The van der Waals surface area contributed by atoms with Crippen LogP contribution in [-0.4, -0.2) is 22.0 Å². The van der Waals surface area contributed by atoms with E-state index in [-0.39, 0.29) is 42.1 Å². The molecule has 0 amide bonds. The van der Waals surface area contributed by atoms with Crippen molar-refractivity contribution in [3.63, 3.8) is 0 Å². The normalized spacial score (nSPS) is 9.53. The van der Waals surface area contributed by atoms with Crippen LogP contribution < -0.4 is 39.4 Å². The Labute approximate surface area is 110 Å². The van der Waals surface area contributed by atoms with Gasteiger partial charge in [-0.15, -0.1) is 0 Å². The van der Waals surface area contributed by atoms with E-state index in [2.05, 4.69) is 9.97 Å². The minimum absolute atomic E-state index is 0. The zero-order chi connectivity index (χ0) is 10.6. The van der Waals surface area contributed by atoms with Crippen LogP contribution in [0.25, 0.3) is 0 Å². The Morgan fingerprint density at radius 3 is 2.73 bits per heavy atom. The SMILES string of the molecule is CC(C)Oc1cc(CC(=O)[O-])ncn1.[Na+]. The Bertz CT molecular complexity index is 331. The van der Waals surface area contributed by atoms with Crippen molar-refractivity contribution in [1.29, 1.82) is 0 Å². The Kier molecular flexibility index (Phi) is 6.47. The minimum Gasteiger partial charge on any atom is -0.550 e. The third kappa shape index (κ3) is 5.71. The number of nitrogens with zero attached hydrogens (tertiary/aromatic N) is 2. The molecule has 0 bridgehead atoms. The van der Waals surface area contributed by atoms with Gasteiger partial charge in [0.05, 0.1) is 11.8 Å². The maximum Gasteiger partial charge on any atom is 1.00 e. The largest absolute Gasteiger partial charge is 1.00 e. The van der Waals surface area contributed by atoms with Gasteiger partial charge in [-0.2, -0.15) is 0 Å². The molecule has 5 nitrogen and oxygen atoms in total. The topological polar surface area (TPSA) is 75.1 Å². The van der Waals surface area contributed by atoms with E-state index in [1.807, 2.05) is 13.8 Å². The number of ether oxygens (including phenoxy) is 1. The average molecular weight is 218 g/mol. The standard InChI is InChI=1S/C9H12N2O3.Na/c1-6(2)14-8-3-7(4-9(12)13)10-5-11-8;/h3,5-6H,4H2,1-2H3,(H,12,13);/q;+1/p-1. The van der Waals surface area contributed by atoms with Crippen LogP contribution in [0.2, 0.25) is 0 Å². The molecule has 0 saturated heterocycles. The van der Waals surface area contributed by atoms with Gasteiger partial charge in [-0.3, -0.25) is 0 Å². The van der Waals surface area contributed by atoms with E-state index < -0.39 is 5.97 Å². The summed E-state index contributed by atoms with van der Waals surface area (Å²) < 4.78 is 5.27. The first-order chi connectivity index (χ1) is 6.58. The van der Waals surface area contributed by atoms with Gasteiger partial charge in [-0.25, -0.2) is 9.97 Å². The summed E-state index contributed by atoms with van der Waals surface area (Å²) in [4.78, 5) is 17.9. The Morgan fingerprint density at radius 1 is 1.53 bits per heavy atom. The van der Waals surface area contributed by atoms with Crippen molar-refractivity contribution in [2.75, 3.05) is 0 Å². The molecule has 6 heteroatoms. The van der Waals surface area contributed by atoms with Gasteiger partial charge < -0.3 is 14.6 Å². The maximum absolute atomic E-state index is 10.3. The molecule has 1 aromatic heterocycles. The van der Waals surface area contributed by atoms with Crippen molar-refractivity contribution < 1.29 is 44.2 Å². The molecule has 0 aliphatic carbocycles. The van der Waals surface area contributed by atoms with Crippen LogP contribution >= 0.6 is 0 Å². The fourth-order valence-electron chi connectivity index (χ4n) is 0.927. The predicted octanol–water partition coefficient (Wildman–Crippen LogP) is -3.44. The van der Waals surface area contributed by atoms with E-state index in [4.69, 9.17) is 4.74 Å². The van der Waals surface area contributed by atoms with Gasteiger partial charge in [-0.1, -0.05) is 0 Å². The van der Waals surface area contributed by atoms with Crippen molar-refractivity contribution in [3.05, 3.63) is 18.1 Å². The molecule has 15 heavy (non-hydrogen) atoms. The third-order valence-corrected chi connectivity index (χ3v) is 1.38. The van der Waals surface area contributed by atoms with Crippen LogP contribution in [0.3, 0.4) is 0 Å². The van der Waals surface area contributed by atoms with Crippen molar-refractivity contribution in [2.45, 2.75) is 26.4 Å². The summed E-state index contributed by atoms with van der Waals surface area (Å²) >= 11 is 0. The monoisotopic (exact) mass is 218 g/mol. The van der Waals surface area contributed by atoms with Crippen molar-refractivity contribution in [1.82, 2.24) is 9.97 Å². The van der Waals surface area contributed by atoms with Gasteiger partial charge >= 0.3 is 29.6 Å². The quantitative estimate of drug-likeness (QED) is 0.491. The predicted molar refractivity (Wildman–Crippen MR) is 46.5 cm³/mol. The molecule has 0 radical (unpaired) electrons. The molecule has 0 aliphatic heterocycles. The fourth-order valence-corrected chi connectivity index (χ4v) is 0.927. The number of carboxylic acid groups (broad SMARTS) is 1.